The Labute approximate surface area is 132 Å². The SMILES string of the molecule is CON(C)C(=O)CCc1ncc(-c2ccc(Cl)cc2Cl)o1. The van der Waals surface area contributed by atoms with Crippen LogP contribution in [-0.2, 0) is 16.1 Å². The van der Waals surface area contributed by atoms with Crippen LogP contribution in [0.3, 0.4) is 0 Å². The molecule has 0 saturated heterocycles. The van der Waals surface area contributed by atoms with Crippen LogP contribution in [0, 0.1) is 0 Å². The van der Waals surface area contributed by atoms with Gasteiger partial charge in [0, 0.05) is 30.5 Å². The molecule has 0 N–H and O–H groups in total. The van der Waals surface area contributed by atoms with Gasteiger partial charge in [-0.05, 0) is 18.2 Å². The van der Waals surface area contributed by atoms with Crippen molar-refractivity contribution in [3.05, 3.63) is 40.3 Å². The molecule has 0 aliphatic heterocycles. The highest BCUT2D eigenvalue weighted by molar-refractivity contribution is 6.36. The summed E-state index contributed by atoms with van der Waals surface area (Å²) in [6, 6.07) is 5.12. The predicted octanol–water partition coefficient (Wildman–Crippen LogP) is 3.60. The third kappa shape index (κ3) is 3.97. The lowest BCUT2D eigenvalue weighted by Gasteiger charge is -2.12. The van der Waals surface area contributed by atoms with Crippen molar-refractivity contribution in [3.63, 3.8) is 0 Å². The van der Waals surface area contributed by atoms with Gasteiger partial charge in [-0.3, -0.25) is 9.63 Å². The summed E-state index contributed by atoms with van der Waals surface area (Å²) in [5, 5.41) is 2.21. The van der Waals surface area contributed by atoms with Gasteiger partial charge in [0.1, 0.15) is 0 Å². The van der Waals surface area contributed by atoms with E-state index in [1.165, 1.54) is 12.2 Å². The molecule has 1 amide bonds. The first-order chi connectivity index (χ1) is 10.0. The van der Waals surface area contributed by atoms with E-state index in [0.717, 1.165) is 0 Å². The standard InChI is InChI=1S/C14H14Cl2N2O3/c1-18(20-2)14(19)6-5-13-17-8-12(21-13)10-4-3-9(15)7-11(10)16/h3-4,7-8H,5-6H2,1-2H3. The molecule has 0 aliphatic rings. The van der Waals surface area contributed by atoms with Gasteiger partial charge in [0.2, 0.25) is 5.91 Å². The van der Waals surface area contributed by atoms with Crippen molar-refractivity contribution < 1.29 is 14.0 Å². The fraction of sp³-hybridized carbons (Fsp3) is 0.286. The Balaban J connectivity index is 2.06. The van der Waals surface area contributed by atoms with Gasteiger partial charge in [-0.1, -0.05) is 23.2 Å². The normalized spacial score (nSPS) is 10.7. The van der Waals surface area contributed by atoms with Gasteiger partial charge >= 0.3 is 0 Å². The van der Waals surface area contributed by atoms with Crippen LogP contribution in [0.25, 0.3) is 11.3 Å². The van der Waals surface area contributed by atoms with Crippen molar-refractivity contribution in [2.75, 3.05) is 14.2 Å². The van der Waals surface area contributed by atoms with Crippen molar-refractivity contribution >= 4 is 29.1 Å². The Morgan fingerprint density at radius 3 is 2.86 bits per heavy atom. The molecule has 2 rings (SSSR count). The van der Waals surface area contributed by atoms with Crippen LogP contribution in [-0.4, -0.2) is 30.1 Å². The Hall–Kier alpha value is -1.56. The number of aromatic nitrogens is 1. The van der Waals surface area contributed by atoms with Crippen LogP contribution in [0.15, 0.2) is 28.8 Å². The molecule has 0 unspecified atom stereocenters. The molecule has 21 heavy (non-hydrogen) atoms. The monoisotopic (exact) mass is 328 g/mol. The van der Waals surface area contributed by atoms with E-state index in [2.05, 4.69) is 4.98 Å². The first-order valence-corrected chi connectivity index (χ1v) is 6.97. The first kappa shape index (κ1) is 15.8. The van der Waals surface area contributed by atoms with Gasteiger partial charge in [-0.15, -0.1) is 0 Å². The summed E-state index contributed by atoms with van der Waals surface area (Å²) in [5.74, 6) is 0.856. The van der Waals surface area contributed by atoms with E-state index in [4.69, 9.17) is 32.5 Å². The van der Waals surface area contributed by atoms with E-state index in [-0.39, 0.29) is 12.3 Å². The smallest absolute Gasteiger partial charge is 0.246 e. The molecule has 0 radical (unpaired) electrons. The number of carbonyl (C=O) groups excluding carboxylic acids is 1. The van der Waals surface area contributed by atoms with Crippen molar-refractivity contribution in [2.45, 2.75) is 12.8 Å². The second-order valence-electron chi connectivity index (χ2n) is 4.32. The molecule has 2 aromatic rings. The predicted molar refractivity (Wildman–Crippen MR) is 80.1 cm³/mol. The molecule has 0 atom stereocenters. The van der Waals surface area contributed by atoms with E-state index in [1.54, 1.807) is 31.4 Å². The number of hydrogen-bond donors (Lipinski definition) is 0. The highest BCUT2D eigenvalue weighted by Gasteiger charge is 2.13. The lowest BCUT2D eigenvalue weighted by atomic mass is 10.2. The number of carbonyl (C=O) groups is 1. The average Bonchev–Trinajstić information content (AvgIpc) is 2.92. The van der Waals surface area contributed by atoms with E-state index in [1.807, 2.05) is 0 Å². The Morgan fingerprint density at radius 1 is 1.43 bits per heavy atom. The van der Waals surface area contributed by atoms with Crippen molar-refractivity contribution in [3.8, 4) is 11.3 Å². The molecule has 7 heteroatoms. The summed E-state index contributed by atoms with van der Waals surface area (Å²) in [6.07, 6.45) is 2.21. The number of rotatable bonds is 5. The molecule has 0 spiro atoms. The molecule has 0 aliphatic carbocycles. The Bertz CT molecular complexity index is 643. The van der Waals surface area contributed by atoms with Gasteiger partial charge in [0.25, 0.3) is 0 Å². The van der Waals surface area contributed by atoms with Crippen LogP contribution in [0.4, 0.5) is 0 Å². The highest BCUT2D eigenvalue weighted by Crippen LogP contribution is 2.30. The molecular weight excluding hydrogens is 315 g/mol. The molecule has 0 bridgehead atoms. The van der Waals surface area contributed by atoms with Gasteiger partial charge in [0.15, 0.2) is 11.7 Å². The maximum atomic E-state index is 11.6. The van der Waals surface area contributed by atoms with Gasteiger partial charge in [-0.2, -0.15) is 0 Å². The minimum absolute atomic E-state index is 0.151. The van der Waals surface area contributed by atoms with Gasteiger partial charge < -0.3 is 4.42 Å². The van der Waals surface area contributed by atoms with Crippen molar-refractivity contribution in [2.24, 2.45) is 0 Å². The number of benzene rings is 1. The van der Waals surface area contributed by atoms with E-state index < -0.39 is 0 Å². The zero-order valence-electron chi connectivity index (χ0n) is 11.6. The van der Waals surface area contributed by atoms with Crippen LogP contribution < -0.4 is 0 Å². The van der Waals surface area contributed by atoms with Gasteiger partial charge in [0.05, 0.1) is 18.3 Å². The number of oxazole rings is 1. The molecule has 0 saturated carbocycles. The average molecular weight is 329 g/mol. The maximum Gasteiger partial charge on any atom is 0.246 e. The number of hydrogen-bond acceptors (Lipinski definition) is 4. The third-order valence-corrected chi connectivity index (χ3v) is 3.48. The second kappa shape index (κ2) is 6.93. The fourth-order valence-corrected chi connectivity index (χ4v) is 2.21. The molecule has 112 valence electrons. The summed E-state index contributed by atoms with van der Waals surface area (Å²) in [6.45, 7) is 0. The number of halogens is 2. The van der Waals surface area contributed by atoms with E-state index >= 15 is 0 Å². The van der Waals surface area contributed by atoms with Crippen LogP contribution in [0.2, 0.25) is 10.0 Å². The van der Waals surface area contributed by atoms with E-state index in [0.29, 0.717) is 33.7 Å². The number of aryl methyl sites for hydroxylation is 1. The zero-order valence-corrected chi connectivity index (χ0v) is 13.1. The fourth-order valence-electron chi connectivity index (χ4n) is 1.71. The number of amides is 1. The maximum absolute atomic E-state index is 11.6. The number of hydroxylamine groups is 2. The van der Waals surface area contributed by atoms with E-state index in [9.17, 15) is 4.79 Å². The minimum atomic E-state index is -0.151. The summed E-state index contributed by atoms with van der Waals surface area (Å²) in [7, 11) is 2.99. The first-order valence-electron chi connectivity index (χ1n) is 6.22. The molecule has 5 nitrogen and oxygen atoms in total. The van der Waals surface area contributed by atoms with Crippen molar-refractivity contribution in [1.82, 2.24) is 10.0 Å². The summed E-state index contributed by atoms with van der Waals surface area (Å²) >= 11 is 12.0. The second-order valence-corrected chi connectivity index (χ2v) is 5.16. The largest absolute Gasteiger partial charge is 0.441 e. The van der Waals surface area contributed by atoms with Crippen LogP contribution >= 0.6 is 23.2 Å². The third-order valence-electron chi connectivity index (χ3n) is 2.93. The summed E-state index contributed by atoms with van der Waals surface area (Å²) in [4.78, 5) is 20.6. The minimum Gasteiger partial charge on any atom is -0.441 e. The molecular formula is C14H14Cl2N2O3. The Morgan fingerprint density at radius 2 is 2.19 bits per heavy atom. The molecule has 0 fully saturated rings. The van der Waals surface area contributed by atoms with Crippen LogP contribution in [0.5, 0.6) is 0 Å². The quantitative estimate of drug-likeness (QED) is 0.787. The Kier molecular flexibility index (Phi) is 5.22. The van der Waals surface area contributed by atoms with Gasteiger partial charge in [-0.25, -0.2) is 10.0 Å². The highest BCUT2D eigenvalue weighted by atomic mass is 35.5. The lowest BCUT2D eigenvalue weighted by molar-refractivity contribution is -0.168. The topological polar surface area (TPSA) is 55.6 Å². The molecule has 1 aromatic carbocycles. The summed E-state index contributed by atoms with van der Waals surface area (Å²) in [5.41, 5.74) is 0.708. The number of nitrogens with zero attached hydrogens (tertiary/aromatic N) is 2. The lowest BCUT2D eigenvalue weighted by Crippen LogP contribution is -2.25. The molecule has 1 heterocycles. The van der Waals surface area contributed by atoms with Crippen LogP contribution in [0.1, 0.15) is 12.3 Å². The summed E-state index contributed by atoms with van der Waals surface area (Å²) < 4.78 is 5.60. The zero-order chi connectivity index (χ0) is 15.4. The molecule has 1 aromatic heterocycles. The van der Waals surface area contributed by atoms with Crippen molar-refractivity contribution in [1.29, 1.82) is 0 Å².